The predicted octanol–water partition coefficient (Wildman–Crippen LogP) is 0.908. The van der Waals surface area contributed by atoms with E-state index in [-0.39, 0.29) is 11.9 Å². The molecular weight excluding hydrogens is 206 g/mol. The van der Waals surface area contributed by atoms with E-state index in [4.69, 9.17) is 9.47 Å². The van der Waals surface area contributed by atoms with Crippen molar-refractivity contribution in [2.24, 2.45) is 11.8 Å². The molecule has 0 saturated carbocycles. The molecule has 0 bridgehead atoms. The smallest absolute Gasteiger partial charge is 0.310 e. The summed E-state index contributed by atoms with van der Waals surface area (Å²) < 4.78 is 10.1. The molecule has 2 aliphatic rings. The average molecular weight is 227 g/mol. The van der Waals surface area contributed by atoms with Crippen LogP contribution in [0.5, 0.6) is 0 Å². The summed E-state index contributed by atoms with van der Waals surface area (Å²) in [5.41, 5.74) is 0. The van der Waals surface area contributed by atoms with Crippen molar-refractivity contribution in [3.05, 3.63) is 0 Å². The normalized spacial score (nSPS) is 28.2. The van der Waals surface area contributed by atoms with Crippen molar-refractivity contribution in [3.63, 3.8) is 0 Å². The summed E-state index contributed by atoms with van der Waals surface area (Å²) in [5.74, 6) is 0.810. The molecule has 0 aliphatic carbocycles. The lowest BCUT2D eigenvalue weighted by atomic mass is 10.00. The first-order valence-corrected chi connectivity index (χ1v) is 6.17. The molecule has 2 heterocycles. The van der Waals surface area contributed by atoms with Gasteiger partial charge in [-0.05, 0) is 31.7 Å². The van der Waals surface area contributed by atoms with E-state index in [0.29, 0.717) is 0 Å². The van der Waals surface area contributed by atoms with E-state index in [1.807, 2.05) is 0 Å². The number of esters is 1. The molecule has 16 heavy (non-hydrogen) atoms. The summed E-state index contributed by atoms with van der Waals surface area (Å²) in [4.78, 5) is 13.8. The van der Waals surface area contributed by atoms with Gasteiger partial charge < -0.3 is 14.4 Å². The van der Waals surface area contributed by atoms with Gasteiger partial charge in [0.15, 0.2) is 0 Å². The van der Waals surface area contributed by atoms with Crippen molar-refractivity contribution < 1.29 is 14.3 Å². The van der Waals surface area contributed by atoms with Crippen molar-refractivity contribution in [2.75, 3.05) is 40.0 Å². The third-order valence-electron chi connectivity index (χ3n) is 3.66. The van der Waals surface area contributed by atoms with Crippen LogP contribution in [-0.4, -0.2) is 50.8 Å². The van der Waals surface area contributed by atoms with Gasteiger partial charge in [0.25, 0.3) is 0 Å². The van der Waals surface area contributed by atoms with Gasteiger partial charge in [-0.15, -0.1) is 0 Å². The number of hydrogen-bond acceptors (Lipinski definition) is 4. The summed E-state index contributed by atoms with van der Waals surface area (Å²) in [6, 6.07) is 0. The van der Waals surface area contributed by atoms with Gasteiger partial charge in [-0.25, -0.2) is 0 Å². The zero-order chi connectivity index (χ0) is 11.4. The maximum atomic E-state index is 11.4. The van der Waals surface area contributed by atoms with E-state index >= 15 is 0 Å². The largest absolute Gasteiger partial charge is 0.469 e. The van der Waals surface area contributed by atoms with Gasteiger partial charge in [-0.2, -0.15) is 0 Å². The Morgan fingerprint density at radius 1 is 1.38 bits per heavy atom. The van der Waals surface area contributed by atoms with Crippen molar-refractivity contribution >= 4 is 5.97 Å². The van der Waals surface area contributed by atoms with Gasteiger partial charge in [0.05, 0.1) is 13.0 Å². The van der Waals surface area contributed by atoms with Crippen LogP contribution < -0.4 is 0 Å². The maximum Gasteiger partial charge on any atom is 0.310 e. The number of likely N-dealkylation sites (tertiary alicyclic amines) is 1. The maximum absolute atomic E-state index is 11.4. The average Bonchev–Trinajstić information content (AvgIpc) is 2.78. The van der Waals surface area contributed by atoms with Gasteiger partial charge in [-0.3, -0.25) is 4.79 Å². The van der Waals surface area contributed by atoms with E-state index in [9.17, 15) is 4.79 Å². The fourth-order valence-electron chi connectivity index (χ4n) is 2.65. The number of ether oxygens (including phenoxy) is 2. The second-order valence-electron chi connectivity index (χ2n) is 4.82. The van der Waals surface area contributed by atoms with Crippen molar-refractivity contribution in [1.29, 1.82) is 0 Å². The Labute approximate surface area is 96.9 Å². The molecule has 0 aromatic carbocycles. The predicted molar refractivity (Wildman–Crippen MR) is 60.1 cm³/mol. The molecule has 4 heteroatoms. The molecule has 0 N–H and O–H groups in total. The SMILES string of the molecule is COC(=O)C1CCN(CC2CCOCC2)C1. The monoisotopic (exact) mass is 227 g/mol. The lowest BCUT2D eigenvalue weighted by molar-refractivity contribution is -0.144. The Kier molecular flexibility index (Phi) is 4.18. The fraction of sp³-hybridized carbons (Fsp3) is 0.917. The molecule has 0 amide bonds. The van der Waals surface area contributed by atoms with Gasteiger partial charge in [0.1, 0.15) is 0 Å². The molecule has 0 radical (unpaired) electrons. The number of carbonyl (C=O) groups excluding carboxylic acids is 1. The number of hydrogen-bond donors (Lipinski definition) is 0. The molecular formula is C12H21NO3. The zero-order valence-corrected chi connectivity index (χ0v) is 9.98. The highest BCUT2D eigenvalue weighted by atomic mass is 16.5. The molecule has 4 nitrogen and oxygen atoms in total. The van der Waals surface area contributed by atoms with E-state index < -0.39 is 0 Å². The van der Waals surface area contributed by atoms with E-state index in [1.54, 1.807) is 0 Å². The van der Waals surface area contributed by atoms with Crippen LogP contribution >= 0.6 is 0 Å². The van der Waals surface area contributed by atoms with Crippen LogP contribution in [-0.2, 0) is 14.3 Å². The number of methoxy groups -OCH3 is 1. The van der Waals surface area contributed by atoms with Crippen LogP contribution in [0.2, 0.25) is 0 Å². The van der Waals surface area contributed by atoms with Crippen LogP contribution in [0, 0.1) is 11.8 Å². The highest BCUT2D eigenvalue weighted by Crippen LogP contribution is 2.22. The first-order valence-electron chi connectivity index (χ1n) is 6.17. The Bertz CT molecular complexity index is 238. The summed E-state index contributed by atoms with van der Waals surface area (Å²) in [6.45, 7) is 4.84. The van der Waals surface area contributed by atoms with Crippen molar-refractivity contribution in [1.82, 2.24) is 4.90 Å². The molecule has 2 fully saturated rings. The third kappa shape index (κ3) is 2.95. The molecule has 0 spiro atoms. The molecule has 0 aromatic heterocycles. The minimum atomic E-state index is -0.0468. The summed E-state index contributed by atoms with van der Waals surface area (Å²) >= 11 is 0. The lowest BCUT2D eigenvalue weighted by Crippen LogP contribution is -2.31. The molecule has 0 aromatic rings. The Morgan fingerprint density at radius 3 is 2.81 bits per heavy atom. The second kappa shape index (κ2) is 5.64. The number of rotatable bonds is 3. The molecule has 2 saturated heterocycles. The Hall–Kier alpha value is -0.610. The first kappa shape index (κ1) is 11.9. The third-order valence-corrected chi connectivity index (χ3v) is 3.66. The minimum Gasteiger partial charge on any atom is -0.469 e. The summed E-state index contributed by atoms with van der Waals surface area (Å²) in [6.07, 6.45) is 3.29. The Balaban J connectivity index is 1.73. The molecule has 1 unspecified atom stereocenters. The molecule has 2 rings (SSSR count). The molecule has 1 atom stereocenters. The number of nitrogens with zero attached hydrogens (tertiary/aromatic N) is 1. The highest BCUT2D eigenvalue weighted by Gasteiger charge is 2.30. The standard InChI is InChI=1S/C12H21NO3/c1-15-12(14)11-2-5-13(9-11)8-10-3-6-16-7-4-10/h10-11H,2-9H2,1H3. The topological polar surface area (TPSA) is 38.8 Å². The second-order valence-corrected chi connectivity index (χ2v) is 4.82. The summed E-state index contributed by atoms with van der Waals surface area (Å²) in [7, 11) is 1.48. The first-order chi connectivity index (χ1) is 7.79. The minimum absolute atomic E-state index is 0.0468. The van der Waals surface area contributed by atoms with Crippen LogP contribution in [0.3, 0.4) is 0 Å². The van der Waals surface area contributed by atoms with E-state index in [0.717, 1.165) is 45.2 Å². The highest BCUT2D eigenvalue weighted by molar-refractivity contribution is 5.72. The van der Waals surface area contributed by atoms with Gasteiger partial charge >= 0.3 is 5.97 Å². The van der Waals surface area contributed by atoms with Crippen molar-refractivity contribution in [3.8, 4) is 0 Å². The quantitative estimate of drug-likeness (QED) is 0.672. The summed E-state index contributed by atoms with van der Waals surface area (Å²) in [5, 5.41) is 0. The van der Waals surface area contributed by atoms with E-state index in [2.05, 4.69) is 4.90 Å². The molecule has 2 aliphatic heterocycles. The van der Waals surface area contributed by atoms with Crippen LogP contribution in [0.15, 0.2) is 0 Å². The van der Waals surface area contributed by atoms with Crippen LogP contribution in [0.4, 0.5) is 0 Å². The fourth-order valence-corrected chi connectivity index (χ4v) is 2.65. The van der Waals surface area contributed by atoms with Gasteiger partial charge in [0.2, 0.25) is 0 Å². The van der Waals surface area contributed by atoms with Crippen LogP contribution in [0.25, 0.3) is 0 Å². The Morgan fingerprint density at radius 2 is 2.12 bits per heavy atom. The van der Waals surface area contributed by atoms with Gasteiger partial charge in [-0.1, -0.05) is 0 Å². The molecule has 92 valence electrons. The van der Waals surface area contributed by atoms with Crippen molar-refractivity contribution in [2.45, 2.75) is 19.3 Å². The van der Waals surface area contributed by atoms with E-state index in [1.165, 1.54) is 20.0 Å². The zero-order valence-electron chi connectivity index (χ0n) is 9.98. The van der Waals surface area contributed by atoms with Gasteiger partial charge in [0, 0.05) is 26.3 Å². The number of carbonyl (C=O) groups is 1. The lowest BCUT2D eigenvalue weighted by Gasteiger charge is -2.26. The van der Waals surface area contributed by atoms with Crippen LogP contribution in [0.1, 0.15) is 19.3 Å².